The van der Waals surface area contributed by atoms with Crippen molar-refractivity contribution in [2.45, 2.75) is 24.5 Å². The van der Waals surface area contributed by atoms with Gasteiger partial charge in [-0.25, -0.2) is 8.42 Å². The van der Waals surface area contributed by atoms with E-state index in [0.29, 0.717) is 35.9 Å². The Hall–Kier alpha value is -2.72. The van der Waals surface area contributed by atoms with Crippen molar-refractivity contribution in [1.82, 2.24) is 9.62 Å². The summed E-state index contributed by atoms with van der Waals surface area (Å²) in [5.74, 6) is 0.892. The third-order valence-electron chi connectivity index (χ3n) is 4.69. The SMILES string of the molecule is COc1cc(OC)c(OC)cc1CNC(=O)c1ccc(S(=O)(=O)N2CCCC2)o1. The zero-order valence-electron chi connectivity index (χ0n) is 16.6. The van der Waals surface area contributed by atoms with Crippen LogP contribution in [0.4, 0.5) is 0 Å². The van der Waals surface area contributed by atoms with Gasteiger partial charge in [0.2, 0.25) is 5.09 Å². The molecule has 1 saturated heterocycles. The highest BCUT2D eigenvalue weighted by Gasteiger charge is 2.30. The van der Waals surface area contributed by atoms with Gasteiger partial charge >= 0.3 is 0 Å². The number of amides is 1. The van der Waals surface area contributed by atoms with Crippen LogP contribution in [-0.4, -0.2) is 53.0 Å². The van der Waals surface area contributed by atoms with E-state index in [-0.39, 0.29) is 17.4 Å². The molecule has 1 aromatic carbocycles. The van der Waals surface area contributed by atoms with Crippen molar-refractivity contribution in [1.29, 1.82) is 0 Å². The minimum Gasteiger partial charge on any atom is -0.496 e. The average molecular weight is 424 g/mol. The first-order valence-corrected chi connectivity index (χ1v) is 10.5. The van der Waals surface area contributed by atoms with E-state index in [2.05, 4.69) is 5.32 Å². The second-order valence-corrected chi connectivity index (χ2v) is 8.30. The fourth-order valence-corrected chi connectivity index (χ4v) is 4.56. The van der Waals surface area contributed by atoms with Gasteiger partial charge in [0.15, 0.2) is 17.3 Å². The van der Waals surface area contributed by atoms with Gasteiger partial charge in [-0.1, -0.05) is 0 Å². The molecule has 0 aliphatic carbocycles. The second kappa shape index (κ2) is 8.75. The van der Waals surface area contributed by atoms with E-state index < -0.39 is 15.9 Å². The number of nitrogens with zero attached hydrogens (tertiary/aromatic N) is 1. The molecular formula is C19H24N2O7S. The van der Waals surface area contributed by atoms with E-state index in [1.165, 1.54) is 37.8 Å². The Morgan fingerprint density at radius 3 is 2.28 bits per heavy atom. The first kappa shape index (κ1) is 21.0. The number of carbonyl (C=O) groups is 1. The van der Waals surface area contributed by atoms with Crippen LogP contribution in [0, 0.1) is 0 Å². The number of hydrogen-bond acceptors (Lipinski definition) is 7. The van der Waals surface area contributed by atoms with Crippen molar-refractivity contribution in [2.75, 3.05) is 34.4 Å². The molecule has 2 aromatic rings. The monoisotopic (exact) mass is 424 g/mol. The Balaban J connectivity index is 1.73. The number of furan rings is 1. The summed E-state index contributed by atoms with van der Waals surface area (Å²) in [7, 11) is 0.828. The largest absolute Gasteiger partial charge is 0.496 e. The minimum atomic E-state index is -3.71. The van der Waals surface area contributed by atoms with Gasteiger partial charge in [-0.3, -0.25) is 4.79 Å². The van der Waals surface area contributed by atoms with E-state index >= 15 is 0 Å². The number of rotatable bonds is 8. The molecule has 1 amide bonds. The third-order valence-corrected chi connectivity index (χ3v) is 6.46. The highest BCUT2D eigenvalue weighted by atomic mass is 32.2. The summed E-state index contributed by atoms with van der Waals surface area (Å²) >= 11 is 0. The molecule has 0 saturated carbocycles. The molecule has 1 fully saturated rings. The van der Waals surface area contributed by atoms with Crippen LogP contribution in [0.2, 0.25) is 0 Å². The molecule has 10 heteroatoms. The van der Waals surface area contributed by atoms with E-state index in [0.717, 1.165) is 12.8 Å². The Kier molecular flexibility index (Phi) is 6.33. The minimum absolute atomic E-state index is 0.0813. The fraction of sp³-hybridized carbons (Fsp3) is 0.421. The van der Waals surface area contributed by atoms with Gasteiger partial charge in [0.05, 0.1) is 21.3 Å². The number of hydrogen-bond donors (Lipinski definition) is 1. The van der Waals surface area contributed by atoms with Crippen molar-refractivity contribution in [3.63, 3.8) is 0 Å². The maximum atomic E-state index is 12.5. The summed E-state index contributed by atoms with van der Waals surface area (Å²) in [5.41, 5.74) is 0.662. The smallest absolute Gasteiger partial charge is 0.287 e. The highest BCUT2D eigenvalue weighted by molar-refractivity contribution is 7.89. The van der Waals surface area contributed by atoms with Crippen molar-refractivity contribution >= 4 is 15.9 Å². The summed E-state index contributed by atoms with van der Waals surface area (Å²) in [6, 6.07) is 6.01. The molecule has 1 aromatic heterocycles. The van der Waals surface area contributed by atoms with E-state index in [4.69, 9.17) is 18.6 Å². The maximum Gasteiger partial charge on any atom is 0.287 e. The van der Waals surface area contributed by atoms with E-state index in [9.17, 15) is 13.2 Å². The topological polar surface area (TPSA) is 107 Å². The quantitative estimate of drug-likeness (QED) is 0.691. The van der Waals surface area contributed by atoms with Crippen molar-refractivity contribution in [3.8, 4) is 17.2 Å². The molecule has 0 bridgehead atoms. The highest BCUT2D eigenvalue weighted by Crippen LogP contribution is 2.34. The summed E-state index contributed by atoms with van der Waals surface area (Å²) in [4.78, 5) is 12.4. The molecule has 3 rings (SSSR count). The number of sulfonamides is 1. The predicted molar refractivity (Wildman–Crippen MR) is 104 cm³/mol. The Morgan fingerprint density at radius 2 is 1.66 bits per heavy atom. The lowest BCUT2D eigenvalue weighted by Crippen LogP contribution is -2.27. The van der Waals surface area contributed by atoms with E-state index in [1.807, 2.05) is 0 Å². The fourth-order valence-electron chi connectivity index (χ4n) is 3.13. The van der Waals surface area contributed by atoms with Gasteiger partial charge in [-0.15, -0.1) is 0 Å². The van der Waals surface area contributed by atoms with Crippen LogP contribution in [0.15, 0.2) is 33.8 Å². The van der Waals surface area contributed by atoms with Crippen LogP contribution in [-0.2, 0) is 16.6 Å². The molecule has 1 N–H and O–H groups in total. The van der Waals surface area contributed by atoms with Crippen LogP contribution in [0.5, 0.6) is 17.2 Å². The van der Waals surface area contributed by atoms with Gasteiger partial charge in [-0.05, 0) is 31.0 Å². The first-order chi connectivity index (χ1) is 13.9. The molecule has 29 heavy (non-hydrogen) atoms. The van der Waals surface area contributed by atoms with Gasteiger partial charge in [-0.2, -0.15) is 4.31 Å². The molecule has 2 heterocycles. The zero-order valence-corrected chi connectivity index (χ0v) is 17.4. The molecule has 1 aliphatic heterocycles. The molecular weight excluding hydrogens is 400 g/mol. The molecule has 0 unspecified atom stereocenters. The summed E-state index contributed by atoms with van der Waals surface area (Å²) < 4.78 is 47.6. The molecule has 1 aliphatic rings. The van der Waals surface area contributed by atoms with E-state index in [1.54, 1.807) is 12.1 Å². The van der Waals surface area contributed by atoms with Crippen LogP contribution < -0.4 is 19.5 Å². The summed E-state index contributed by atoms with van der Waals surface area (Å²) in [5, 5.41) is 2.47. The van der Waals surface area contributed by atoms with Crippen LogP contribution in [0.3, 0.4) is 0 Å². The van der Waals surface area contributed by atoms with Crippen molar-refractivity contribution in [3.05, 3.63) is 35.6 Å². The molecule has 9 nitrogen and oxygen atoms in total. The number of methoxy groups -OCH3 is 3. The Labute approximate surface area is 169 Å². The van der Waals surface area contributed by atoms with Crippen LogP contribution in [0.1, 0.15) is 29.0 Å². The average Bonchev–Trinajstić information content (AvgIpc) is 3.44. The van der Waals surface area contributed by atoms with Crippen LogP contribution in [0.25, 0.3) is 0 Å². The lowest BCUT2D eigenvalue weighted by atomic mass is 10.1. The van der Waals surface area contributed by atoms with Crippen LogP contribution >= 0.6 is 0 Å². The van der Waals surface area contributed by atoms with Crippen molar-refractivity contribution < 1.29 is 31.8 Å². The van der Waals surface area contributed by atoms with Gasteiger partial charge in [0, 0.05) is 31.3 Å². The van der Waals surface area contributed by atoms with Gasteiger partial charge in [0.25, 0.3) is 15.9 Å². The first-order valence-electron chi connectivity index (χ1n) is 9.07. The summed E-state index contributed by atoms with van der Waals surface area (Å²) in [6.07, 6.45) is 1.64. The standard InChI is InChI=1S/C19H24N2O7S/c1-25-15-11-17(27-3)16(26-2)10-13(15)12-20-19(22)14-6-7-18(28-14)29(23,24)21-8-4-5-9-21/h6-7,10-11H,4-5,8-9,12H2,1-3H3,(H,20,22). The lowest BCUT2D eigenvalue weighted by Gasteiger charge is -2.14. The third kappa shape index (κ3) is 4.33. The summed E-state index contributed by atoms with van der Waals surface area (Å²) in [6.45, 7) is 1.05. The normalized spacial score (nSPS) is 14.6. The number of ether oxygens (including phenoxy) is 3. The number of nitrogens with one attached hydrogen (secondary N) is 1. The molecule has 0 spiro atoms. The molecule has 0 radical (unpaired) electrons. The molecule has 0 atom stereocenters. The zero-order chi connectivity index (χ0) is 21.0. The maximum absolute atomic E-state index is 12.5. The Morgan fingerprint density at radius 1 is 1.03 bits per heavy atom. The second-order valence-electron chi connectivity index (χ2n) is 6.43. The molecule has 158 valence electrons. The Bertz CT molecular complexity index is 978. The van der Waals surface area contributed by atoms with Gasteiger partial charge < -0.3 is 23.9 Å². The van der Waals surface area contributed by atoms with Gasteiger partial charge in [0.1, 0.15) is 5.75 Å². The number of benzene rings is 1. The predicted octanol–water partition coefficient (Wildman–Crippen LogP) is 2.02. The lowest BCUT2D eigenvalue weighted by molar-refractivity contribution is 0.0917. The van der Waals surface area contributed by atoms with Crippen molar-refractivity contribution in [2.24, 2.45) is 0 Å². The number of carbonyl (C=O) groups excluding carboxylic acids is 1.